The fourth-order valence-corrected chi connectivity index (χ4v) is 7.88. The van der Waals surface area contributed by atoms with Crippen LogP contribution in [0.25, 0.3) is 4.91 Å². The Bertz CT molecular complexity index is 1240. The molecule has 1 heterocycles. The fraction of sp³-hybridized carbons (Fsp3) is 0.423. The molecule has 4 rings (SSSR count). The Morgan fingerprint density at radius 3 is 2.03 bits per heavy atom. The number of sulfonamides is 1. The third-order valence-electron chi connectivity index (χ3n) is 6.28. The van der Waals surface area contributed by atoms with E-state index in [0.29, 0.717) is 18.4 Å². The lowest BCUT2D eigenvalue weighted by molar-refractivity contribution is -0.137. The second kappa shape index (κ2) is 9.78. The Morgan fingerprint density at radius 1 is 0.917 bits per heavy atom. The van der Waals surface area contributed by atoms with Gasteiger partial charge in [-0.1, -0.05) is 30.3 Å². The highest BCUT2D eigenvalue weighted by Crippen LogP contribution is 2.40. The Labute approximate surface area is 214 Å². The van der Waals surface area contributed by atoms with Crippen LogP contribution in [0.3, 0.4) is 0 Å². The summed E-state index contributed by atoms with van der Waals surface area (Å²) in [6.45, 7) is 5.08. The number of nitrogens with one attached hydrogen (secondary N) is 1. The standard InChI is InChI=1S/C26H29F3N2O3S2/c1-25(2,3)31-24(32)22(23(36(31,33)34)17-7-5-4-6-8-17)30-19-11-15-21(16-12-19)35-20-13-9-18(10-14-20)26(27,28)29/h4-10,13-14,19,21,30H,11-12,15-16H2,1-3H3. The van der Waals surface area contributed by atoms with Crippen molar-refractivity contribution in [3.8, 4) is 0 Å². The molecular formula is C26H29F3N2O3S2. The molecule has 2 aromatic carbocycles. The average Bonchev–Trinajstić information content (AvgIpc) is 2.99. The predicted molar refractivity (Wildman–Crippen MR) is 135 cm³/mol. The van der Waals surface area contributed by atoms with E-state index in [2.05, 4.69) is 5.32 Å². The lowest BCUT2D eigenvalue weighted by atomic mass is 9.94. The first-order valence-electron chi connectivity index (χ1n) is 11.8. The highest BCUT2D eigenvalue weighted by atomic mass is 32.2. The molecule has 2 aromatic rings. The number of rotatable bonds is 5. The number of nitrogens with zero attached hydrogens (tertiary/aromatic N) is 1. The van der Waals surface area contributed by atoms with Gasteiger partial charge in [0.15, 0.2) is 0 Å². The van der Waals surface area contributed by atoms with Crippen LogP contribution in [0.5, 0.6) is 0 Å². The Kier molecular flexibility index (Phi) is 7.22. The summed E-state index contributed by atoms with van der Waals surface area (Å²) in [7, 11) is -4.04. The van der Waals surface area contributed by atoms with E-state index in [1.165, 1.54) is 12.1 Å². The van der Waals surface area contributed by atoms with Crippen molar-refractivity contribution in [1.82, 2.24) is 9.62 Å². The van der Waals surface area contributed by atoms with Crippen LogP contribution in [-0.4, -0.2) is 35.5 Å². The zero-order chi connectivity index (χ0) is 26.3. The van der Waals surface area contributed by atoms with Gasteiger partial charge in [0.1, 0.15) is 10.6 Å². The topological polar surface area (TPSA) is 66.5 Å². The highest BCUT2D eigenvalue weighted by molar-refractivity contribution is 8.00. The van der Waals surface area contributed by atoms with Crippen LogP contribution in [0.1, 0.15) is 57.6 Å². The first-order chi connectivity index (χ1) is 16.8. The van der Waals surface area contributed by atoms with Crippen molar-refractivity contribution in [2.24, 2.45) is 0 Å². The molecule has 1 aliphatic carbocycles. The summed E-state index contributed by atoms with van der Waals surface area (Å²) in [6.07, 6.45) is -1.34. The molecule has 194 valence electrons. The third kappa shape index (κ3) is 5.44. The Balaban J connectivity index is 1.49. The molecule has 36 heavy (non-hydrogen) atoms. The van der Waals surface area contributed by atoms with Gasteiger partial charge in [0.05, 0.1) is 11.1 Å². The van der Waals surface area contributed by atoms with Crippen molar-refractivity contribution in [2.45, 2.75) is 74.4 Å². The Morgan fingerprint density at radius 2 is 1.50 bits per heavy atom. The van der Waals surface area contributed by atoms with Gasteiger partial charge in [0.2, 0.25) is 0 Å². The van der Waals surface area contributed by atoms with Gasteiger partial charge in [0.25, 0.3) is 15.9 Å². The first kappa shape index (κ1) is 26.6. The molecule has 0 unspecified atom stereocenters. The molecule has 0 saturated heterocycles. The van der Waals surface area contributed by atoms with E-state index >= 15 is 0 Å². The van der Waals surface area contributed by atoms with Crippen LogP contribution >= 0.6 is 11.8 Å². The Hall–Kier alpha value is -2.46. The number of thioether (sulfide) groups is 1. The average molecular weight is 539 g/mol. The van der Waals surface area contributed by atoms with Crippen LogP contribution in [0, 0.1) is 0 Å². The van der Waals surface area contributed by atoms with Gasteiger partial charge in [-0.3, -0.25) is 4.79 Å². The normalized spacial score (nSPS) is 22.7. The summed E-state index contributed by atoms with van der Waals surface area (Å²) in [5.74, 6) is -0.553. The lowest BCUT2D eigenvalue weighted by Crippen LogP contribution is -2.47. The minimum atomic E-state index is -4.35. The van der Waals surface area contributed by atoms with Gasteiger partial charge in [-0.2, -0.15) is 13.2 Å². The maximum Gasteiger partial charge on any atom is 0.416 e. The summed E-state index contributed by atoms with van der Waals surface area (Å²) in [5, 5.41) is 3.49. The van der Waals surface area contributed by atoms with E-state index in [4.69, 9.17) is 0 Å². The highest BCUT2D eigenvalue weighted by Gasteiger charge is 2.49. The van der Waals surface area contributed by atoms with Crippen LogP contribution in [0.2, 0.25) is 0 Å². The van der Waals surface area contributed by atoms with Crippen LogP contribution < -0.4 is 5.32 Å². The number of carbonyl (C=O) groups is 1. The van der Waals surface area contributed by atoms with Crippen molar-refractivity contribution in [3.63, 3.8) is 0 Å². The molecule has 1 N–H and O–H groups in total. The van der Waals surface area contributed by atoms with Crippen LogP contribution in [0.4, 0.5) is 13.2 Å². The number of halogens is 3. The number of carbonyl (C=O) groups excluding carboxylic acids is 1. The maximum absolute atomic E-state index is 13.5. The largest absolute Gasteiger partial charge is 0.416 e. The van der Waals surface area contributed by atoms with Crippen molar-refractivity contribution in [2.75, 3.05) is 0 Å². The van der Waals surface area contributed by atoms with E-state index in [1.807, 2.05) is 0 Å². The smallest absolute Gasteiger partial charge is 0.377 e. The second-order valence-electron chi connectivity index (χ2n) is 10.1. The van der Waals surface area contributed by atoms with Gasteiger partial charge >= 0.3 is 6.18 Å². The van der Waals surface area contributed by atoms with E-state index in [9.17, 15) is 26.4 Å². The summed E-state index contributed by atoms with van der Waals surface area (Å²) in [6, 6.07) is 13.8. The summed E-state index contributed by atoms with van der Waals surface area (Å²) >= 11 is 1.55. The summed E-state index contributed by atoms with van der Waals surface area (Å²) in [4.78, 5) is 14.2. The second-order valence-corrected chi connectivity index (χ2v) is 13.2. The van der Waals surface area contributed by atoms with E-state index in [1.54, 1.807) is 62.9 Å². The van der Waals surface area contributed by atoms with Gasteiger partial charge in [-0.05, 0) is 76.3 Å². The molecular weight excluding hydrogens is 509 g/mol. The minimum Gasteiger partial charge on any atom is -0.377 e. The molecule has 1 fully saturated rings. The molecule has 0 atom stereocenters. The van der Waals surface area contributed by atoms with E-state index in [0.717, 1.165) is 34.2 Å². The molecule has 0 aromatic heterocycles. The molecule has 0 bridgehead atoms. The van der Waals surface area contributed by atoms with Crippen molar-refractivity contribution in [3.05, 3.63) is 71.4 Å². The number of hydrogen-bond donors (Lipinski definition) is 1. The zero-order valence-corrected chi connectivity index (χ0v) is 21.9. The van der Waals surface area contributed by atoms with Gasteiger partial charge < -0.3 is 5.32 Å². The molecule has 0 spiro atoms. The quantitative estimate of drug-likeness (QED) is 0.503. The lowest BCUT2D eigenvalue weighted by Gasteiger charge is -2.32. The van der Waals surface area contributed by atoms with Crippen molar-refractivity contribution in [1.29, 1.82) is 0 Å². The van der Waals surface area contributed by atoms with Crippen LogP contribution in [-0.2, 0) is 21.0 Å². The minimum absolute atomic E-state index is 0.00396. The van der Waals surface area contributed by atoms with E-state index in [-0.39, 0.29) is 21.9 Å². The van der Waals surface area contributed by atoms with Crippen molar-refractivity contribution < 1.29 is 26.4 Å². The SMILES string of the molecule is CC(C)(C)N1C(=O)C(NC2CCC(Sc3ccc(C(F)(F)F)cc3)CC2)=C(c2ccccc2)S1(=O)=O. The molecule has 2 aliphatic rings. The number of amides is 1. The first-order valence-corrected chi connectivity index (χ1v) is 14.1. The molecule has 1 saturated carbocycles. The van der Waals surface area contributed by atoms with E-state index < -0.39 is 33.2 Å². The molecule has 10 heteroatoms. The monoisotopic (exact) mass is 538 g/mol. The summed E-state index contributed by atoms with van der Waals surface area (Å²) < 4.78 is 66.3. The predicted octanol–water partition coefficient (Wildman–Crippen LogP) is 6.04. The number of benzene rings is 2. The van der Waals surface area contributed by atoms with Gasteiger partial charge in [0, 0.05) is 16.2 Å². The van der Waals surface area contributed by atoms with Gasteiger partial charge in [-0.15, -0.1) is 11.8 Å². The number of hydrogen-bond acceptors (Lipinski definition) is 5. The van der Waals surface area contributed by atoms with Crippen molar-refractivity contribution >= 4 is 32.6 Å². The molecule has 5 nitrogen and oxygen atoms in total. The maximum atomic E-state index is 13.5. The van der Waals surface area contributed by atoms with Crippen LogP contribution in [0.15, 0.2) is 65.2 Å². The fourth-order valence-electron chi connectivity index (χ4n) is 4.65. The number of alkyl halides is 3. The molecule has 1 amide bonds. The van der Waals surface area contributed by atoms with Gasteiger partial charge in [-0.25, -0.2) is 12.7 Å². The molecule has 0 radical (unpaired) electrons. The third-order valence-corrected chi connectivity index (χ3v) is 9.78. The zero-order valence-electron chi connectivity index (χ0n) is 20.3. The summed E-state index contributed by atoms with van der Waals surface area (Å²) in [5.41, 5.74) is -1.01. The molecule has 1 aliphatic heterocycles.